The molecule has 0 fully saturated rings. The molecule has 0 aliphatic rings. The molecule has 5 nitrogen and oxygen atoms in total. The van der Waals surface area contributed by atoms with Crippen LogP contribution in [0.1, 0.15) is 5.69 Å². The molecule has 1 aromatic rings. The summed E-state index contributed by atoms with van der Waals surface area (Å²) < 4.78 is 5.03. The fraction of sp³-hybridized carbons (Fsp3) is 0.455. The Morgan fingerprint density at radius 1 is 1.59 bits per heavy atom. The molecule has 1 aromatic heterocycles. The lowest BCUT2D eigenvalue weighted by Crippen LogP contribution is -2.32. The molecule has 0 aliphatic carbocycles. The van der Waals surface area contributed by atoms with Crippen LogP contribution in [0, 0.1) is 0 Å². The highest BCUT2D eigenvalue weighted by Crippen LogP contribution is 2.17. The lowest BCUT2D eigenvalue weighted by molar-refractivity contribution is 0.203. The van der Waals surface area contributed by atoms with Crippen molar-refractivity contribution in [2.24, 2.45) is 5.73 Å². The molecule has 94 valence electrons. The summed E-state index contributed by atoms with van der Waals surface area (Å²) in [6, 6.07) is 3.70. The van der Waals surface area contributed by atoms with E-state index in [1.54, 1.807) is 13.3 Å². The SMILES string of the molecule is COCCN(CCO)c1cccnc1C(N)=S. The number of thiocarbonyl (C=S) groups is 1. The summed E-state index contributed by atoms with van der Waals surface area (Å²) in [5.74, 6) is 0. The summed E-state index contributed by atoms with van der Waals surface area (Å²) in [4.78, 5) is 6.36. The molecule has 0 amide bonds. The van der Waals surface area contributed by atoms with Crippen LogP contribution in [0.15, 0.2) is 18.3 Å². The summed E-state index contributed by atoms with van der Waals surface area (Å²) in [7, 11) is 1.63. The first-order valence-corrected chi connectivity index (χ1v) is 5.71. The van der Waals surface area contributed by atoms with Crippen LogP contribution in [-0.4, -0.2) is 48.5 Å². The number of hydrogen-bond donors (Lipinski definition) is 2. The van der Waals surface area contributed by atoms with E-state index in [2.05, 4.69) is 4.98 Å². The van der Waals surface area contributed by atoms with Crippen LogP contribution in [0.5, 0.6) is 0 Å². The van der Waals surface area contributed by atoms with Gasteiger partial charge in [0.2, 0.25) is 0 Å². The van der Waals surface area contributed by atoms with Crippen LogP contribution in [0.4, 0.5) is 5.69 Å². The summed E-state index contributed by atoms with van der Waals surface area (Å²) in [6.07, 6.45) is 1.64. The normalized spacial score (nSPS) is 10.2. The Hall–Kier alpha value is -1.24. The second-order valence-corrected chi connectivity index (χ2v) is 3.88. The van der Waals surface area contributed by atoms with E-state index in [0.29, 0.717) is 25.4 Å². The third-order valence-electron chi connectivity index (χ3n) is 2.30. The second-order valence-electron chi connectivity index (χ2n) is 3.44. The average molecular weight is 255 g/mol. The maximum atomic E-state index is 9.06. The number of hydrogen-bond acceptors (Lipinski definition) is 5. The Labute approximate surface area is 106 Å². The highest BCUT2D eigenvalue weighted by atomic mass is 32.1. The Balaban J connectivity index is 2.95. The Bertz CT molecular complexity index is 373. The van der Waals surface area contributed by atoms with Gasteiger partial charge in [-0.1, -0.05) is 12.2 Å². The van der Waals surface area contributed by atoms with Crippen LogP contribution in [0.2, 0.25) is 0 Å². The summed E-state index contributed by atoms with van der Waals surface area (Å²) >= 11 is 4.96. The highest BCUT2D eigenvalue weighted by molar-refractivity contribution is 7.80. The third kappa shape index (κ3) is 3.92. The number of nitrogens with two attached hydrogens (primary N) is 1. The van der Waals surface area contributed by atoms with Gasteiger partial charge in [-0.2, -0.15) is 0 Å². The maximum absolute atomic E-state index is 9.06. The van der Waals surface area contributed by atoms with Gasteiger partial charge in [0.25, 0.3) is 0 Å². The molecule has 0 saturated heterocycles. The van der Waals surface area contributed by atoms with Crippen molar-refractivity contribution in [1.29, 1.82) is 0 Å². The van der Waals surface area contributed by atoms with Gasteiger partial charge in [-0.05, 0) is 12.1 Å². The van der Waals surface area contributed by atoms with E-state index in [1.165, 1.54) is 0 Å². The van der Waals surface area contributed by atoms with E-state index >= 15 is 0 Å². The van der Waals surface area contributed by atoms with Crippen LogP contribution in [-0.2, 0) is 4.74 Å². The molecular formula is C11H17N3O2S. The Kier molecular flexibility index (Phi) is 5.82. The number of pyridine rings is 1. The number of aliphatic hydroxyl groups excluding tert-OH is 1. The average Bonchev–Trinajstić information content (AvgIpc) is 2.34. The Morgan fingerprint density at radius 2 is 2.35 bits per heavy atom. The molecule has 0 bridgehead atoms. The van der Waals surface area contributed by atoms with Crippen LogP contribution in [0.3, 0.4) is 0 Å². The van der Waals surface area contributed by atoms with Crippen LogP contribution in [0.25, 0.3) is 0 Å². The Morgan fingerprint density at radius 3 is 2.94 bits per heavy atom. The van der Waals surface area contributed by atoms with Crippen molar-refractivity contribution in [3.8, 4) is 0 Å². The number of nitrogens with zero attached hydrogens (tertiary/aromatic N) is 2. The van der Waals surface area contributed by atoms with Gasteiger partial charge in [-0.3, -0.25) is 4.98 Å². The van der Waals surface area contributed by atoms with Crippen molar-refractivity contribution in [2.45, 2.75) is 0 Å². The minimum Gasteiger partial charge on any atom is -0.395 e. The monoisotopic (exact) mass is 255 g/mol. The fourth-order valence-corrected chi connectivity index (χ4v) is 1.67. The fourth-order valence-electron chi connectivity index (χ4n) is 1.52. The highest BCUT2D eigenvalue weighted by Gasteiger charge is 2.13. The number of ether oxygens (including phenoxy) is 1. The molecule has 3 N–H and O–H groups in total. The maximum Gasteiger partial charge on any atom is 0.124 e. The van der Waals surface area contributed by atoms with Gasteiger partial charge in [0.1, 0.15) is 10.7 Å². The minimum absolute atomic E-state index is 0.0510. The number of methoxy groups -OCH3 is 1. The molecule has 0 atom stereocenters. The van der Waals surface area contributed by atoms with Gasteiger partial charge < -0.3 is 20.5 Å². The number of aliphatic hydroxyl groups is 1. The lowest BCUT2D eigenvalue weighted by Gasteiger charge is -2.25. The summed E-state index contributed by atoms with van der Waals surface area (Å²) in [5.41, 5.74) is 7.03. The third-order valence-corrected chi connectivity index (χ3v) is 2.49. The van der Waals surface area contributed by atoms with Crippen molar-refractivity contribution in [2.75, 3.05) is 38.3 Å². The smallest absolute Gasteiger partial charge is 0.124 e. The van der Waals surface area contributed by atoms with Gasteiger partial charge in [-0.25, -0.2) is 0 Å². The zero-order chi connectivity index (χ0) is 12.7. The predicted octanol–water partition coefficient (Wildman–Crippen LogP) is 0.161. The first kappa shape index (κ1) is 13.8. The molecule has 0 saturated carbocycles. The second kappa shape index (κ2) is 7.16. The van der Waals surface area contributed by atoms with E-state index in [9.17, 15) is 0 Å². The van der Waals surface area contributed by atoms with E-state index in [4.69, 9.17) is 27.8 Å². The van der Waals surface area contributed by atoms with Crippen LogP contribution >= 0.6 is 12.2 Å². The number of rotatable bonds is 7. The van der Waals surface area contributed by atoms with Crippen molar-refractivity contribution in [3.05, 3.63) is 24.0 Å². The summed E-state index contributed by atoms with van der Waals surface area (Å²) in [6.45, 7) is 1.75. The molecule has 0 unspecified atom stereocenters. The largest absolute Gasteiger partial charge is 0.395 e. The molecular weight excluding hydrogens is 238 g/mol. The molecule has 1 rings (SSSR count). The van der Waals surface area contributed by atoms with Crippen molar-refractivity contribution < 1.29 is 9.84 Å². The molecule has 0 aromatic carbocycles. The molecule has 17 heavy (non-hydrogen) atoms. The first-order chi connectivity index (χ1) is 8.20. The zero-order valence-corrected chi connectivity index (χ0v) is 10.6. The van der Waals surface area contributed by atoms with Crippen molar-refractivity contribution in [3.63, 3.8) is 0 Å². The molecule has 0 spiro atoms. The number of aromatic nitrogens is 1. The van der Waals surface area contributed by atoms with Crippen LogP contribution < -0.4 is 10.6 Å². The summed E-state index contributed by atoms with van der Waals surface area (Å²) in [5, 5.41) is 9.06. The van der Waals surface area contributed by atoms with E-state index in [0.717, 1.165) is 5.69 Å². The topological polar surface area (TPSA) is 71.6 Å². The van der Waals surface area contributed by atoms with Gasteiger partial charge >= 0.3 is 0 Å². The van der Waals surface area contributed by atoms with Gasteiger partial charge in [-0.15, -0.1) is 0 Å². The van der Waals surface area contributed by atoms with E-state index in [-0.39, 0.29) is 11.6 Å². The molecule has 0 radical (unpaired) electrons. The molecule has 6 heteroatoms. The number of anilines is 1. The standard InChI is InChI=1S/C11H17N3O2S/c1-16-8-6-14(5-7-15)9-3-2-4-13-10(9)11(12)17/h2-4,15H,5-8H2,1H3,(H2,12,17). The van der Waals surface area contributed by atoms with Gasteiger partial charge in [0, 0.05) is 26.4 Å². The van der Waals surface area contributed by atoms with E-state index in [1.807, 2.05) is 17.0 Å². The predicted molar refractivity (Wildman–Crippen MR) is 71.3 cm³/mol. The van der Waals surface area contributed by atoms with Gasteiger partial charge in [0.15, 0.2) is 0 Å². The van der Waals surface area contributed by atoms with Gasteiger partial charge in [0.05, 0.1) is 18.9 Å². The van der Waals surface area contributed by atoms with E-state index < -0.39 is 0 Å². The molecule has 0 aliphatic heterocycles. The zero-order valence-electron chi connectivity index (χ0n) is 9.80. The van der Waals surface area contributed by atoms with Crippen molar-refractivity contribution in [1.82, 2.24) is 4.98 Å². The minimum atomic E-state index is 0.0510. The lowest BCUT2D eigenvalue weighted by atomic mass is 10.2. The van der Waals surface area contributed by atoms with Crippen molar-refractivity contribution >= 4 is 22.9 Å². The molecule has 1 heterocycles. The quantitative estimate of drug-likeness (QED) is 0.676. The first-order valence-electron chi connectivity index (χ1n) is 5.30.